The summed E-state index contributed by atoms with van der Waals surface area (Å²) in [6.07, 6.45) is 0. The first-order valence-corrected chi connectivity index (χ1v) is 8.78. The SMILES string of the molecule is C[C@@H]1CN(c2ccc(F)cc2)C(=O)c2cc(CNc3cccc(F)c3F)nn21. The molecule has 0 bridgehead atoms. The minimum atomic E-state index is -0.960. The van der Waals surface area contributed by atoms with Crippen molar-refractivity contribution in [3.05, 3.63) is 77.4 Å². The Morgan fingerprint density at radius 1 is 1.14 bits per heavy atom. The molecule has 0 unspecified atom stereocenters. The zero-order valence-electron chi connectivity index (χ0n) is 15.0. The van der Waals surface area contributed by atoms with Gasteiger partial charge in [0, 0.05) is 12.2 Å². The number of hydrogen-bond donors (Lipinski definition) is 1. The molecule has 1 N–H and O–H groups in total. The number of halogens is 3. The maximum atomic E-state index is 13.8. The molecule has 0 spiro atoms. The molecule has 1 aromatic heterocycles. The molecule has 28 heavy (non-hydrogen) atoms. The Morgan fingerprint density at radius 3 is 2.64 bits per heavy atom. The first-order chi connectivity index (χ1) is 13.4. The van der Waals surface area contributed by atoms with Crippen molar-refractivity contribution < 1.29 is 18.0 Å². The zero-order valence-corrected chi connectivity index (χ0v) is 15.0. The summed E-state index contributed by atoms with van der Waals surface area (Å²) >= 11 is 0. The molecule has 2 heterocycles. The van der Waals surface area contributed by atoms with E-state index in [-0.39, 0.29) is 30.0 Å². The van der Waals surface area contributed by atoms with Gasteiger partial charge >= 0.3 is 0 Å². The first kappa shape index (κ1) is 18.1. The quantitative estimate of drug-likeness (QED) is 0.733. The third-order valence-corrected chi connectivity index (χ3v) is 4.66. The van der Waals surface area contributed by atoms with Crippen molar-refractivity contribution in [2.75, 3.05) is 16.8 Å². The lowest BCUT2D eigenvalue weighted by Crippen LogP contribution is -2.42. The van der Waals surface area contributed by atoms with Gasteiger partial charge in [-0.3, -0.25) is 9.48 Å². The second kappa shape index (κ2) is 7.03. The van der Waals surface area contributed by atoms with E-state index in [1.807, 2.05) is 6.92 Å². The predicted molar refractivity (Wildman–Crippen MR) is 98.7 cm³/mol. The van der Waals surface area contributed by atoms with Crippen LogP contribution in [-0.4, -0.2) is 22.2 Å². The molecule has 0 aliphatic carbocycles. The van der Waals surface area contributed by atoms with Crippen molar-refractivity contribution in [2.45, 2.75) is 19.5 Å². The van der Waals surface area contributed by atoms with Crippen molar-refractivity contribution in [1.82, 2.24) is 9.78 Å². The summed E-state index contributed by atoms with van der Waals surface area (Å²) in [6, 6.07) is 11.1. The number of benzene rings is 2. The van der Waals surface area contributed by atoms with Gasteiger partial charge in [0.25, 0.3) is 5.91 Å². The number of rotatable bonds is 4. The fourth-order valence-electron chi connectivity index (χ4n) is 3.26. The zero-order chi connectivity index (χ0) is 19.8. The Hall–Kier alpha value is -3.29. The smallest absolute Gasteiger partial charge is 0.276 e. The number of nitrogens with one attached hydrogen (secondary N) is 1. The van der Waals surface area contributed by atoms with E-state index in [4.69, 9.17) is 0 Å². The highest BCUT2D eigenvalue weighted by atomic mass is 19.2. The van der Waals surface area contributed by atoms with Crippen LogP contribution < -0.4 is 10.2 Å². The van der Waals surface area contributed by atoms with Gasteiger partial charge in [0.15, 0.2) is 11.6 Å². The molecule has 5 nitrogen and oxygen atoms in total. The Kier molecular flexibility index (Phi) is 4.54. The molecule has 1 atom stereocenters. The van der Waals surface area contributed by atoms with Gasteiger partial charge in [-0.2, -0.15) is 5.10 Å². The maximum absolute atomic E-state index is 13.8. The van der Waals surface area contributed by atoms with E-state index in [0.717, 1.165) is 6.07 Å². The maximum Gasteiger partial charge on any atom is 0.276 e. The molecule has 3 aromatic rings. The first-order valence-electron chi connectivity index (χ1n) is 8.78. The number of aromatic nitrogens is 2. The van der Waals surface area contributed by atoms with Gasteiger partial charge in [-0.1, -0.05) is 6.07 Å². The van der Waals surface area contributed by atoms with E-state index in [9.17, 15) is 18.0 Å². The number of nitrogens with zero attached hydrogens (tertiary/aromatic N) is 3. The fraction of sp³-hybridized carbons (Fsp3) is 0.200. The van der Waals surface area contributed by atoms with Crippen LogP contribution in [-0.2, 0) is 6.54 Å². The van der Waals surface area contributed by atoms with Crippen LogP contribution in [0, 0.1) is 17.5 Å². The average molecular weight is 386 g/mol. The number of hydrogen-bond acceptors (Lipinski definition) is 3. The predicted octanol–water partition coefficient (Wildman–Crippen LogP) is 4.13. The topological polar surface area (TPSA) is 50.2 Å². The summed E-state index contributed by atoms with van der Waals surface area (Å²) in [5, 5.41) is 7.22. The third kappa shape index (κ3) is 3.21. The van der Waals surface area contributed by atoms with Crippen LogP contribution in [0.2, 0.25) is 0 Å². The van der Waals surface area contributed by atoms with E-state index in [1.165, 1.54) is 24.3 Å². The summed E-state index contributed by atoms with van der Waals surface area (Å²) in [5.74, 6) is -2.52. The molecule has 1 amide bonds. The van der Waals surface area contributed by atoms with Crippen molar-refractivity contribution >= 4 is 17.3 Å². The van der Waals surface area contributed by atoms with Gasteiger partial charge in [0.05, 0.1) is 24.0 Å². The van der Waals surface area contributed by atoms with Crippen LogP contribution in [0.3, 0.4) is 0 Å². The van der Waals surface area contributed by atoms with Crippen molar-refractivity contribution in [2.24, 2.45) is 0 Å². The minimum Gasteiger partial charge on any atom is -0.377 e. The highest BCUT2D eigenvalue weighted by Crippen LogP contribution is 2.27. The van der Waals surface area contributed by atoms with Crippen molar-refractivity contribution in [3.63, 3.8) is 0 Å². The monoisotopic (exact) mass is 386 g/mol. The van der Waals surface area contributed by atoms with Crippen LogP contribution in [0.25, 0.3) is 0 Å². The second-order valence-corrected chi connectivity index (χ2v) is 6.66. The lowest BCUT2D eigenvalue weighted by molar-refractivity contribution is 0.0953. The van der Waals surface area contributed by atoms with Gasteiger partial charge in [-0.15, -0.1) is 0 Å². The van der Waals surface area contributed by atoms with E-state index in [1.54, 1.807) is 27.8 Å². The minimum absolute atomic E-state index is 0.0262. The van der Waals surface area contributed by atoms with Gasteiger partial charge < -0.3 is 10.2 Å². The molecule has 2 aromatic carbocycles. The molecule has 0 saturated heterocycles. The molecular weight excluding hydrogens is 369 g/mol. The third-order valence-electron chi connectivity index (χ3n) is 4.66. The van der Waals surface area contributed by atoms with E-state index in [2.05, 4.69) is 10.4 Å². The summed E-state index contributed by atoms with van der Waals surface area (Å²) in [5.41, 5.74) is 1.55. The van der Waals surface area contributed by atoms with Crippen LogP contribution in [0.4, 0.5) is 24.5 Å². The number of amides is 1. The highest BCUT2D eigenvalue weighted by Gasteiger charge is 2.31. The Balaban J connectivity index is 1.56. The van der Waals surface area contributed by atoms with Gasteiger partial charge in [0.2, 0.25) is 0 Å². The molecule has 8 heteroatoms. The lowest BCUT2D eigenvalue weighted by atomic mass is 10.1. The Bertz CT molecular complexity index is 1030. The molecule has 0 radical (unpaired) electrons. The van der Waals surface area contributed by atoms with Gasteiger partial charge in [-0.25, -0.2) is 13.2 Å². The molecule has 0 fully saturated rings. The summed E-state index contributed by atoms with van der Waals surface area (Å²) in [6.45, 7) is 2.45. The van der Waals surface area contributed by atoms with Gasteiger partial charge in [0.1, 0.15) is 11.5 Å². The number of carbonyl (C=O) groups is 1. The van der Waals surface area contributed by atoms with Crippen LogP contribution in [0.15, 0.2) is 48.5 Å². The Morgan fingerprint density at radius 2 is 1.89 bits per heavy atom. The summed E-state index contributed by atoms with van der Waals surface area (Å²) < 4.78 is 41.9. The molecule has 0 saturated carbocycles. The van der Waals surface area contributed by atoms with Crippen molar-refractivity contribution in [1.29, 1.82) is 0 Å². The van der Waals surface area contributed by atoms with Gasteiger partial charge in [-0.05, 0) is 49.4 Å². The molecular formula is C20H17F3N4O. The Labute approximate surface area is 159 Å². The van der Waals surface area contributed by atoms with Crippen LogP contribution in [0.1, 0.15) is 29.1 Å². The number of carbonyl (C=O) groups excluding carboxylic acids is 1. The average Bonchev–Trinajstić information content (AvgIpc) is 3.12. The normalized spacial score (nSPS) is 16.2. The summed E-state index contributed by atoms with van der Waals surface area (Å²) in [7, 11) is 0. The molecule has 144 valence electrons. The largest absolute Gasteiger partial charge is 0.377 e. The number of fused-ring (bicyclic) bond motifs is 1. The van der Waals surface area contributed by atoms with E-state index in [0.29, 0.717) is 23.6 Å². The molecule has 1 aliphatic heterocycles. The second-order valence-electron chi connectivity index (χ2n) is 6.66. The standard InChI is InChI=1S/C20H17F3N4O/c1-12-11-26(15-7-5-13(21)6-8-15)20(28)18-9-14(25-27(12)18)10-24-17-4-2-3-16(22)19(17)23/h2-9,12,24H,10-11H2,1H3/t12-/m1/s1. The van der Waals surface area contributed by atoms with Crippen molar-refractivity contribution in [3.8, 4) is 0 Å². The van der Waals surface area contributed by atoms with Crippen LogP contribution in [0.5, 0.6) is 0 Å². The lowest BCUT2D eigenvalue weighted by Gasteiger charge is -2.31. The molecule has 1 aliphatic rings. The van der Waals surface area contributed by atoms with Crippen LogP contribution >= 0.6 is 0 Å². The van der Waals surface area contributed by atoms with E-state index >= 15 is 0 Å². The fourth-order valence-corrected chi connectivity index (χ4v) is 3.26. The van der Waals surface area contributed by atoms with E-state index < -0.39 is 11.6 Å². The highest BCUT2D eigenvalue weighted by molar-refractivity contribution is 6.05. The molecule has 4 rings (SSSR count). The summed E-state index contributed by atoms with van der Waals surface area (Å²) in [4.78, 5) is 14.4. The number of anilines is 2.